The summed E-state index contributed by atoms with van der Waals surface area (Å²) in [6.45, 7) is 12.9. The van der Waals surface area contributed by atoms with Crippen LogP contribution >= 0.6 is 11.3 Å². The summed E-state index contributed by atoms with van der Waals surface area (Å²) in [7, 11) is 0. The molecule has 1 aromatic rings. The fourth-order valence-electron chi connectivity index (χ4n) is 2.60. The van der Waals surface area contributed by atoms with E-state index in [2.05, 4.69) is 15.3 Å². The van der Waals surface area contributed by atoms with Crippen molar-refractivity contribution in [2.24, 2.45) is 0 Å². The van der Waals surface area contributed by atoms with Gasteiger partial charge in [-0.15, -0.1) is 11.3 Å². The molecule has 1 aliphatic rings. The van der Waals surface area contributed by atoms with Gasteiger partial charge in [0.2, 0.25) is 5.91 Å². The van der Waals surface area contributed by atoms with Gasteiger partial charge in [0.25, 0.3) is 0 Å². The van der Waals surface area contributed by atoms with Crippen LogP contribution in [-0.2, 0) is 16.1 Å². The number of aromatic nitrogens is 1. The highest BCUT2D eigenvalue weighted by Gasteiger charge is 2.21. The molecule has 1 saturated heterocycles. The number of ether oxygens (including phenoxy) is 1. The van der Waals surface area contributed by atoms with Crippen molar-refractivity contribution in [1.29, 1.82) is 0 Å². The van der Waals surface area contributed by atoms with Crippen molar-refractivity contribution in [3.63, 3.8) is 0 Å². The van der Waals surface area contributed by atoms with Crippen LogP contribution < -0.4 is 0 Å². The van der Waals surface area contributed by atoms with E-state index >= 15 is 0 Å². The Morgan fingerprint density at radius 1 is 1.39 bits per heavy atom. The monoisotopic (exact) mass is 337 g/mol. The molecular weight excluding hydrogens is 310 g/mol. The molecule has 1 amide bonds. The van der Waals surface area contributed by atoms with E-state index in [0.29, 0.717) is 6.61 Å². The Morgan fingerprint density at radius 3 is 2.70 bits per heavy atom. The maximum Gasteiger partial charge on any atom is 0.246 e. The van der Waals surface area contributed by atoms with Crippen LogP contribution in [-0.4, -0.2) is 53.5 Å². The van der Waals surface area contributed by atoms with E-state index in [1.165, 1.54) is 0 Å². The first kappa shape index (κ1) is 18.1. The summed E-state index contributed by atoms with van der Waals surface area (Å²) in [6.07, 6.45) is 1.79. The number of thiazole rings is 1. The molecule has 2 rings (SSSR count). The van der Waals surface area contributed by atoms with E-state index in [4.69, 9.17) is 4.74 Å². The fraction of sp³-hybridized carbons (Fsp3) is 0.647. The third kappa shape index (κ3) is 5.41. The van der Waals surface area contributed by atoms with Crippen molar-refractivity contribution in [2.45, 2.75) is 40.3 Å². The number of amides is 1. The Labute approximate surface area is 142 Å². The lowest BCUT2D eigenvalue weighted by molar-refractivity contribution is -0.127. The van der Waals surface area contributed by atoms with Gasteiger partial charge in [-0.2, -0.15) is 0 Å². The molecule has 0 unspecified atom stereocenters. The molecule has 0 N–H and O–H groups in total. The molecule has 0 aliphatic carbocycles. The number of allylic oxidation sites excluding steroid dienone is 1. The van der Waals surface area contributed by atoms with Gasteiger partial charge in [-0.3, -0.25) is 9.69 Å². The van der Waals surface area contributed by atoms with Crippen LogP contribution in [0.5, 0.6) is 0 Å². The highest BCUT2D eigenvalue weighted by Crippen LogP contribution is 2.22. The zero-order valence-electron chi connectivity index (χ0n) is 14.5. The fourth-order valence-corrected chi connectivity index (χ4v) is 3.41. The van der Waals surface area contributed by atoms with Crippen LogP contribution in [0.25, 0.3) is 0 Å². The summed E-state index contributed by atoms with van der Waals surface area (Å²) in [6, 6.07) is 0. The lowest BCUT2D eigenvalue weighted by atomic mass is 10.2. The van der Waals surface area contributed by atoms with E-state index in [1.807, 2.05) is 32.6 Å². The average Bonchev–Trinajstić information content (AvgIpc) is 2.96. The summed E-state index contributed by atoms with van der Waals surface area (Å²) >= 11 is 1.66. The van der Waals surface area contributed by atoms with Crippen molar-refractivity contribution in [3.8, 4) is 0 Å². The van der Waals surface area contributed by atoms with Gasteiger partial charge in [-0.05, 0) is 27.7 Å². The van der Waals surface area contributed by atoms with Gasteiger partial charge in [-0.1, -0.05) is 5.57 Å². The van der Waals surface area contributed by atoms with Gasteiger partial charge in [-0.25, -0.2) is 4.98 Å². The number of carbonyl (C=O) groups is 1. The molecule has 0 radical (unpaired) electrons. The highest BCUT2D eigenvalue weighted by atomic mass is 32.1. The molecule has 1 aromatic heterocycles. The van der Waals surface area contributed by atoms with Gasteiger partial charge in [0.05, 0.1) is 5.69 Å². The standard InChI is InChI=1S/C17H27N3O2S/c1-5-22-14(4)17-18-15(12-23-17)11-19-6-8-20(9-7-19)16(21)10-13(2)3/h10,12,14H,5-9,11H2,1-4H3/t14-/m1/s1. The SMILES string of the molecule is CCO[C@H](C)c1nc(CN2CCN(C(=O)C=C(C)C)CC2)cs1. The molecule has 2 heterocycles. The maximum absolute atomic E-state index is 12.0. The highest BCUT2D eigenvalue weighted by molar-refractivity contribution is 7.09. The summed E-state index contributed by atoms with van der Waals surface area (Å²) < 4.78 is 5.59. The Kier molecular flexibility index (Phi) is 6.74. The predicted octanol–water partition coefficient (Wildman–Crippen LogP) is 2.85. The minimum Gasteiger partial charge on any atom is -0.372 e. The Bertz CT molecular complexity index is 544. The van der Waals surface area contributed by atoms with Gasteiger partial charge < -0.3 is 9.64 Å². The summed E-state index contributed by atoms with van der Waals surface area (Å²) in [4.78, 5) is 21.0. The second kappa shape index (κ2) is 8.57. The topological polar surface area (TPSA) is 45.7 Å². The second-order valence-electron chi connectivity index (χ2n) is 6.10. The van der Waals surface area contributed by atoms with E-state index < -0.39 is 0 Å². The first-order valence-corrected chi connectivity index (χ1v) is 9.09. The zero-order valence-corrected chi connectivity index (χ0v) is 15.4. The third-order valence-corrected chi connectivity index (χ3v) is 4.87. The van der Waals surface area contributed by atoms with Gasteiger partial charge in [0, 0.05) is 50.8 Å². The van der Waals surface area contributed by atoms with E-state index in [1.54, 1.807) is 17.4 Å². The van der Waals surface area contributed by atoms with E-state index in [9.17, 15) is 4.79 Å². The molecule has 0 spiro atoms. The Balaban J connectivity index is 1.82. The van der Waals surface area contributed by atoms with Gasteiger partial charge in [0.1, 0.15) is 11.1 Å². The molecule has 0 bridgehead atoms. The summed E-state index contributed by atoms with van der Waals surface area (Å²) in [5.41, 5.74) is 2.15. The minimum absolute atomic E-state index is 0.0669. The smallest absolute Gasteiger partial charge is 0.246 e. The number of piperazine rings is 1. The van der Waals surface area contributed by atoms with Crippen molar-refractivity contribution in [2.75, 3.05) is 32.8 Å². The zero-order chi connectivity index (χ0) is 16.8. The second-order valence-corrected chi connectivity index (χ2v) is 6.99. The number of rotatable bonds is 6. The van der Waals surface area contributed by atoms with E-state index in [0.717, 1.165) is 49.0 Å². The summed E-state index contributed by atoms with van der Waals surface area (Å²) in [5, 5.41) is 3.16. The first-order valence-electron chi connectivity index (χ1n) is 8.21. The number of hydrogen-bond donors (Lipinski definition) is 0. The molecule has 5 nitrogen and oxygen atoms in total. The molecule has 1 atom stereocenters. The lowest BCUT2D eigenvalue weighted by Crippen LogP contribution is -2.47. The normalized spacial score (nSPS) is 17.1. The van der Waals surface area contributed by atoms with Crippen LogP contribution in [0.3, 0.4) is 0 Å². The molecule has 0 aromatic carbocycles. The Morgan fingerprint density at radius 2 is 2.09 bits per heavy atom. The molecule has 23 heavy (non-hydrogen) atoms. The molecule has 0 saturated carbocycles. The predicted molar refractivity (Wildman–Crippen MR) is 93.4 cm³/mol. The number of nitrogens with zero attached hydrogens (tertiary/aromatic N) is 3. The van der Waals surface area contributed by atoms with Crippen LogP contribution in [0.2, 0.25) is 0 Å². The quantitative estimate of drug-likeness (QED) is 0.749. The third-order valence-electron chi connectivity index (χ3n) is 3.82. The van der Waals surface area contributed by atoms with Crippen molar-refractivity contribution >= 4 is 17.2 Å². The van der Waals surface area contributed by atoms with Crippen molar-refractivity contribution in [1.82, 2.24) is 14.8 Å². The Hall–Kier alpha value is -1.24. The van der Waals surface area contributed by atoms with Crippen LogP contribution in [0.1, 0.15) is 44.5 Å². The molecular formula is C17H27N3O2S. The number of carbonyl (C=O) groups excluding carboxylic acids is 1. The first-order chi connectivity index (χ1) is 11.0. The molecule has 128 valence electrons. The molecule has 1 fully saturated rings. The van der Waals surface area contributed by atoms with Gasteiger partial charge in [0.15, 0.2) is 0 Å². The molecule has 6 heteroatoms. The average molecular weight is 337 g/mol. The minimum atomic E-state index is 0.0669. The van der Waals surface area contributed by atoms with Gasteiger partial charge >= 0.3 is 0 Å². The van der Waals surface area contributed by atoms with E-state index in [-0.39, 0.29) is 12.0 Å². The lowest BCUT2D eigenvalue weighted by Gasteiger charge is -2.33. The van der Waals surface area contributed by atoms with Crippen molar-refractivity contribution in [3.05, 3.63) is 27.7 Å². The largest absolute Gasteiger partial charge is 0.372 e. The van der Waals surface area contributed by atoms with Crippen LogP contribution in [0, 0.1) is 0 Å². The van der Waals surface area contributed by atoms with Crippen molar-refractivity contribution < 1.29 is 9.53 Å². The van der Waals surface area contributed by atoms with Crippen LogP contribution in [0.4, 0.5) is 0 Å². The summed E-state index contributed by atoms with van der Waals surface area (Å²) in [5.74, 6) is 0.131. The van der Waals surface area contributed by atoms with Crippen LogP contribution in [0.15, 0.2) is 17.0 Å². The number of hydrogen-bond acceptors (Lipinski definition) is 5. The maximum atomic E-state index is 12.0. The molecule has 1 aliphatic heterocycles.